The first-order chi connectivity index (χ1) is 16.1. The third kappa shape index (κ3) is 4.24. The lowest BCUT2D eigenvalue weighted by Gasteiger charge is -2.27. The number of hydrogen-bond acceptors (Lipinski definition) is 8. The van der Waals surface area contributed by atoms with Crippen LogP contribution in [0.5, 0.6) is 11.5 Å². The minimum Gasteiger partial charge on any atom is -0.493 e. The number of benzene rings is 2. The van der Waals surface area contributed by atoms with Gasteiger partial charge < -0.3 is 19.8 Å². The highest BCUT2D eigenvalue weighted by Gasteiger charge is 2.17. The maximum absolute atomic E-state index is 6.17. The number of imidazole rings is 1. The smallest absolute Gasteiger partial charge is 0.207 e. The van der Waals surface area contributed by atoms with E-state index in [1.807, 2.05) is 24.7 Å². The highest BCUT2D eigenvalue weighted by molar-refractivity contribution is 5.75. The molecule has 2 aromatic heterocycles. The van der Waals surface area contributed by atoms with Crippen LogP contribution >= 0.6 is 0 Å². The first kappa shape index (κ1) is 21.0. The molecule has 2 N–H and O–H groups in total. The van der Waals surface area contributed by atoms with Gasteiger partial charge in [0.1, 0.15) is 0 Å². The van der Waals surface area contributed by atoms with Crippen molar-refractivity contribution in [3.05, 3.63) is 60.2 Å². The van der Waals surface area contributed by atoms with Gasteiger partial charge in [0, 0.05) is 49.7 Å². The van der Waals surface area contributed by atoms with Crippen molar-refractivity contribution >= 4 is 5.69 Å². The van der Waals surface area contributed by atoms with Gasteiger partial charge in [0.05, 0.1) is 31.9 Å². The molecule has 0 fully saturated rings. The lowest BCUT2D eigenvalue weighted by atomic mass is 10.1. The van der Waals surface area contributed by atoms with Gasteiger partial charge in [-0.2, -0.15) is 0 Å². The molecule has 2 aromatic carbocycles. The van der Waals surface area contributed by atoms with E-state index >= 15 is 0 Å². The average molecular weight is 447 g/mol. The van der Waals surface area contributed by atoms with Gasteiger partial charge in [-0.05, 0) is 35.4 Å². The quantitative estimate of drug-likeness (QED) is 0.430. The number of rotatable bonds is 7. The predicted molar refractivity (Wildman–Crippen MR) is 123 cm³/mol. The Hall–Kier alpha value is -3.92. The number of nitrogens with two attached hydrogens (primary N) is 1. The molecular formula is C23H26N8O2. The topological polar surface area (TPSA) is 109 Å². The molecule has 0 radical (unpaired) electrons. The number of methoxy groups -OCH3 is 2. The van der Waals surface area contributed by atoms with Crippen molar-refractivity contribution in [3.63, 3.8) is 0 Å². The molecule has 0 unspecified atom stereocenters. The number of hydrogen-bond donors (Lipinski definition) is 1. The molecule has 0 aliphatic carbocycles. The molecule has 4 aromatic rings. The second-order valence-electron chi connectivity index (χ2n) is 7.97. The summed E-state index contributed by atoms with van der Waals surface area (Å²) in [6, 6.07) is 11.7. The van der Waals surface area contributed by atoms with E-state index in [-0.39, 0.29) is 0 Å². The summed E-state index contributed by atoms with van der Waals surface area (Å²) in [7, 11) is 3.14. The second-order valence-corrected chi connectivity index (χ2v) is 7.97. The second kappa shape index (κ2) is 8.91. The van der Waals surface area contributed by atoms with Crippen molar-refractivity contribution in [3.8, 4) is 28.6 Å². The molecule has 0 spiro atoms. The number of anilines is 1. The van der Waals surface area contributed by atoms with Crippen molar-refractivity contribution in [1.82, 2.24) is 34.7 Å². The van der Waals surface area contributed by atoms with Crippen LogP contribution in [0.15, 0.2) is 48.9 Å². The van der Waals surface area contributed by atoms with Crippen LogP contribution in [0.2, 0.25) is 0 Å². The molecule has 0 atom stereocenters. The standard InChI is InChI=1S/C23H26N8O2/c1-32-21-11-19(20(24)12-22(21)33-2)23-26-28-31(27-23)17-5-3-16(4-6-17)7-8-29-9-10-30-15-25-13-18(30)14-29/h3-6,11-13,15H,7-10,14,24H2,1-2H3. The van der Waals surface area contributed by atoms with Gasteiger partial charge in [-0.15, -0.1) is 15.0 Å². The summed E-state index contributed by atoms with van der Waals surface area (Å²) >= 11 is 0. The molecule has 33 heavy (non-hydrogen) atoms. The van der Waals surface area contributed by atoms with Crippen LogP contribution in [0.3, 0.4) is 0 Å². The zero-order valence-corrected chi connectivity index (χ0v) is 18.7. The Labute approximate surface area is 191 Å². The van der Waals surface area contributed by atoms with Crippen LogP contribution in [0.4, 0.5) is 5.69 Å². The highest BCUT2D eigenvalue weighted by atomic mass is 16.5. The number of ether oxygens (including phenoxy) is 2. The van der Waals surface area contributed by atoms with Crippen molar-refractivity contribution in [2.24, 2.45) is 0 Å². The Balaban J connectivity index is 1.26. The minimum absolute atomic E-state index is 0.418. The highest BCUT2D eigenvalue weighted by Crippen LogP contribution is 2.35. The molecule has 5 rings (SSSR count). The Morgan fingerprint density at radius 1 is 1.03 bits per heavy atom. The fourth-order valence-corrected chi connectivity index (χ4v) is 4.03. The largest absolute Gasteiger partial charge is 0.493 e. The van der Waals surface area contributed by atoms with E-state index in [4.69, 9.17) is 15.2 Å². The van der Waals surface area contributed by atoms with Gasteiger partial charge in [-0.25, -0.2) is 4.98 Å². The average Bonchev–Trinajstić information content (AvgIpc) is 3.52. The summed E-state index contributed by atoms with van der Waals surface area (Å²) in [5.74, 6) is 1.53. The zero-order valence-electron chi connectivity index (χ0n) is 18.7. The van der Waals surface area contributed by atoms with E-state index in [0.29, 0.717) is 28.6 Å². The molecule has 0 amide bonds. The van der Waals surface area contributed by atoms with Crippen molar-refractivity contribution in [1.29, 1.82) is 0 Å². The molecule has 1 aliphatic rings. The molecule has 0 saturated heterocycles. The summed E-state index contributed by atoms with van der Waals surface area (Å²) in [4.78, 5) is 8.20. The summed E-state index contributed by atoms with van der Waals surface area (Å²) in [5, 5.41) is 12.9. The van der Waals surface area contributed by atoms with E-state index in [0.717, 1.165) is 38.3 Å². The molecule has 10 nitrogen and oxygen atoms in total. The van der Waals surface area contributed by atoms with Crippen LogP contribution in [-0.2, 0) is 19.5 Å². The maximum Gasteiger partial charge on any atom is 0.207 e. The van der Waals surface area contributed by atoms with Crippen LogP contribution < -0.4 is 15.2 Å². The molecule has 1 aliphatic heterocycles. The van der Waals surface area contributed by atoms with E-state index in [9.17, 15) is 0 Å². The lowest BCUT2D eigenvalue weighted by molar-refractivity contribution is 0.224. The third-order valence-corrected chi connectivity index (χ3v) is 5.94. The number of nitrogens with zero attached hydrogens (tertiary/aromatic N) is 7. The third-order valence-electron chi connectivity index (χ3n) is 5.94. The maximum atomic E-state index is 6.17. The van der Waals surface area contributed by atoms with E-state index in [1.54, 1.807) is 26.4 Å². The fourth-order valence-electron chi connectivity index (χ4n) is 4.03. The first-order valence-corrected chi connectivity index (χ1v) is 10.8. The molecule has 10 heteroatoms. The molecule has 0 saturated carbocycles. The predicted octanol–water partition coefficient (Wildman–Crippen LogP) is 2.18. The van der Waals surface area contributed by atoms with Gasteiger partial charge in [0.25, 0.3) is 0 Å². The van der Waals surface area contributed by atoms with E-state index in [1.165, 1.54) is 16.1 Å². The van der Waals surface area contributed by atoms with E-state index < -0.39 is 0 Å². The number of tetrazole rings is 1. The van der Waals surface area contributed by atoms with Gasteiger partial charge in [0.15, 0.2) is 11.5 Å². The SMILES string of the molecule is COc1cc(N)c(-c2nnn(-c3ccc(CCN4CCn5cncc5C4)cc3)n2)cc1OC. The van der Waals surface area contributed by atoms with Gasteiger partial charge >= 0.3 is 0 Å². The first-order valence-electron chi connectivity index (χ1n) is 10.8. The Bertz CT molecular complexity index is 1250. The summed E-state index contributed by atoms with van der Waals surface area (Å²) in [6.07, 6.45) is 4.84. The molecular weight excluding hydrogens is 420 g/mol. The minimum atomic E-state index is 0.418. The monoisotopic (exact) mass is 446 g/mol. The van der Waals surface area contributed by atoms with Crippen LogP contribution in [0, 0.1) is 0 Å². The van der Waals surface area contributed by atoms with Crippen molar-refractivity contribution in [2.45, 2.75) is 19.5 Å². The Morgan fingerprint density at radius 3 is 2.61 bits per heavy atom. The number of nitrogen functional groups attached to an aromatic ring is 1. The van der Waals surface area contributed by atoms with E-state index in [2.05, 4.69) is 42.0 Å². The van der Waals surface area contributed by atoms with Gasteiger partial charge in [-0.1, -0.05) is 12.1 Å². The number of aromatic nitrogens is 6. The summed E-state index contributed by atoms with van der Waals surface area (Å²) in [5.41, 5.74) is 10.7. The Kier molecular flexibility index (Phi) is 5.66. The van der Waals surface area contributed by atoms with Crippen LogP contribution in [-0.4, -0.2) is 62.0 Å². The molecule has 0 bridgehead atoms. The van der Waals surface area contributed by atoms with Crippen molar-refractivity contribution < 1.29 is 9.47 Å². The summed E-state index contributed by atoms with van der Waals surface area (Å²) in [6.45, 7) is 4.00. The molecule has 3 heterocycles. The van der Waals surface area contributed by atoms with Gasteiger partial charge in [0.2, 0.25) is 5.82 Å². The summed E-state index contributed by atoms with van der Waals surface area (Å²) < 4.78 is 12.9. The van der Waals surface area contributed by atoms with Gasteiger partial charge in [-0.3, -0.25) is 4.90 Å². The Morgan fingerprint density at radius 2 is 1.82 bits per heavy atom. The zero-order chi connectivity index (χ0) is 22.8. The van der Waals surface area contributed by atoms with Crippen LogP contribution in [0.1, 0.15) is 11.3 Å². The number of fused-ring (bicyclic) bond motifs is 1. The molecule has 170 valence electrons. The van der Waals surface area contributed by atoms with Crippen LogP contribution in [0.25, 0.3) is 17.1 Å². The van der Waals surface area contributed by atoms with Crippen molar-refractivity contribution in [2.75, 3.05) is 33.0 Å². The fraction of sp³-hybridized carbons (Fsp3) is 0.304. The lowest BCUT2D eigenvalue weighted by Crippen LogP contribution is -2.34. The normalized spacial score (nSPS) is 13.6.